The fourth-order valence-electron chi connectivity index (χ4n) is 5.68. The third-order valence-electron chi connectivity index (χ3n) is 7.45. The van der Waals surface area contributed by atoms with Crippen LogP contribution in [-0.2, 0) is 0 Å². The average molecular weight is 523 g/mol. The fourth-order valence-corrected chi connectivity index (χ4v) is 5.68. The first kappa shape index (κ1) is 28.8. The Morgan fingerprint density at radius 3 is 1.75 bits per heavy atom. The van der Waals surface area contributed by atoms with Crippen LogP contribution in [0.2, 0.25) is 0 Å². The summed E-state index contributed by atoms with van der Waals surface area (Å²) in [5, 5.41) is 8.02. The molecule has 202 valence electrons. The van der Waals surface area contributed by atoms with Crippen molar-refractivity contribution < 1.29 is 0 Å². The molecule has 0 amide bonds. The van der Waals surface area contributed by atoms with E-state index in [0.717, 1.165) is 6.42 Å². The van der Waals surface area contributed by atoms with Gasteiger partial charge in [-0.2, -0.15) is 0 Å². The minimum atomic E-state index is 1.06. The number of rotatable bonds is 4. The Kier molecular flexibility index (Phi) is 9.22. The van der Waals surface area contributed by atoms with Gasteiger partial charge in [0.05, 0.1) is 0 Å². The van der Waals surface area contributed by atoms with Crippen molar-refractivity contribution in [3.63, 3.8) is 0 Å². The van der Waals surface area contributed by atoms with Crippen LogP contribution >= 0.6 is 0 Å². The van der Waals surface area contributed by atoms with Crippen LogP contribution < -0.4 is 0 Å². The first-order valence-corrected chi connectivity index (χ1v) is 14.6. The van der Waals surface area contributed by atoms with E-state index in [4.69, 9.17) is 0 Å². The lowest BCUT2D eigenvalue weighted by Crippen LogP contribution is -1.91. The molecule has 0 aliphatic rings. The zero-order valence-corrected chi connectivity index (χ0v) is 25.2. The first-order chi connectivity index (χ1) is 19.5. The Hall–Kier alpha value is -4.16. The average Bonchev–Trinajstić information content (AvgIpc) is 2.97. The van der Waals surface area contributed by atoms with Gasteiger partial charge in [0.25, 0.3) is 0 Å². The molecule has 6 rings (SSSR count). The van der Waals surface area contributed by atoms with Gasteiger partial charge in [0, 0.05) is 0 Å². The van der Waals surface area contributed by atoms with Crippen molar-refractivity contribution in [2.24, 2.45) is 0 Å². The maximum atomic E-state index is 3.36. The van der Waals surface area contributed by atoms with Gasteiger partial charge < -0.3 is 0 Å². The highest BCUT2D eigenvalue weighted by molar-refractivity contribution is 6.27. The van der Waals surface area contributed by atoms with Crippen LogP contribution in [0.4, 0.5) is 0 Å². The Morgan fingerprint density at radius 2 is 1.18 bits per heavy atom. The molecule has 0 heteroatoms. The van der Waals surface area contributed by atoms with Crippen LogP contribution in [0.5, 0.6) is 0 Å². The van der Waals surface area contributed by atoms with Crippen LogP contribution in [0.1, 0.15) is 56.4 Å². The van der Waals surface area contributed by atoms with E-state index in [-0.39, 0.29) is 0 Å². The summed E-state index contributed by atoms with van der Waals surface area (Å²) < 4.78 is 0. The minimum absolute atomic E-state index is 1.06. The molecule has 0 spiro atoms. The number of hydrogen-bond acceptors (Lipinski definition) is 0. The van der Waals surface area contributed by atoms with Crippen molar-refractivity contribution in [1.82, 2.24) is 0 Å². The van der Waals surface area contributed by atoms with E-state index >= 15 is 0 Å². The maximum Gasteiger partial charge on any atom is -0.00203 e. The SMILES string of the molecule is C=CC.CC.CC/C=C\c1ccc(-c2ccc3ccc4c(-c5ccc(C)cc5C)ccc5ccc2c3c54)cc1C. The molecule has 0 bridgehead atoms. The van der Waals surface area contributed by atoms with Crippen molar-refractivity contribution in [1.29, 1.82) is 0 Å². The zero-order valence-electron chi connectivity index (χ0n) is 25.2. The van der Waals surface area contributed by atoms with Gasteiger partial charge in [0.2, 0.25) is 0 Å². The monoisotopic (exact) mass is 522 g/mol. The lowest BCUT2D eigenvalue weighted by Gasteiger charge is -2.17. The van der Waals surface area contributed by atoms with E-state index in [2.05, 4.69) is 131 Å². The van der Waals surface area contributed by atoms with Crippen molar-refractivity contribution in [3.05, 3.63) is 126 Å². The lowest BCUT2D eigenvalue weighted by atomic mass is 9.86. The summed E-state index contributed by atoms with van der Waals surface area (Å²) >= 11 is 0. The minimum Gasteiger partial charge on any atom is -0.103 e. The molecule has 40 heavy (non-hydrogen) atoms. The highest BCUT2D eigenvalue weighted by Crippen LogP contribution is 2.43. The summed E-state index contributed by atoms with van der Waals surface area (Å²) in [6.45, 7) is 18.0. The Bertz CT molecular complexity index is 1800. The second-order valence-electron chi connectivity index (χ2n) is 10.3. The van der Waals surface area contributed by atoms with Gasteiger partial charge in [-0.15, -0.1) is 6.58 Å². The molecule has 0 aliphatic heterocycles. The van der Waals surface area contributed by atoms with Crippen LogP contribution in [0, 0.1) is 20.8 Å². The van der Waals surface area contributed by atoms with Crippen molar-refractivity contribution >= 4 is 38.4 Å². The highest BCUT2D eigenvalue weighted by atomic mass is 14.2. The Morgan fingerprint density at radius 1 is 0.625 bits per heavy atom. The van der Waals surface area contributed by atoms with Gasteiger partial charge >= 0.3 is 0 Å². The molecule has 0 saturated heterocycles. The molecule has 6 aromatic carbocycles. The number of allylic oxidation sites excluding steroid dienone is 2. The summed E-state index contributed by atoms with van der Waals surface area (Å²) in [7, 11) is 0. The molecular formula is C40H42. The lowest BCUT2D eigenvalue weighted by molar-refractivity contribution is 1.23. The zero-order chi connectivity index (χ0) is 28.8. The number of benzene rings is 6. The molecule has 0 aromatic heterocycles. The second kappa shape index (κ2) is 12.8. The largest absolute Gasteiger partial charge is 0.103 e. The predicted molar refractivity (Wildman–Crippen MR) is 182 cm³/mol. The van der Waals surface area contributed by atoms with E-state index < -0.39 is 0 Å². The standard InChI is InChI=1S/C35H30.C3H6.C2H6/c1-5-6-7-25-9-10-28(21-23(25)3)30-16-11-26-14-19-33-31(29-15-8-22(2)20-24(29)4)17-12-27-13-18-32(30)34(26)35(27)33;1-3-2;1-2/h6-21H,5H2,1-4H3;3H,1H2,2H3;1-2H3/b7-6-;;. The van der Waals surface area contributed by atoms with Crippen LogP contribution in [-0.4, -0.2) is 0 Å². The van der Waals surface area contributed by atoms with E-state index in [1.165, 1.54) is 76.8 Å². The van der Waals surface area contributed by atoms with Crippen molar-refractivity contribution in [2.75, 3.05) is 0 Å². The van der Waals surface area contributed by atoms with Gasteiger partial charge in [0.15, 0.2) is 0 Å². The normalized spacial score (nSPS) is 11.0. The highest BCUT2D eigenvalue weighted by Gasteiger charge is 2.15. The molecular weight excluding hydrogens is 480 g/mol. The molecule has 0 N–H and O–H groups in total. The predicted octanol–water partition coefficient (Wildman–Crippen LogP) is 12.5. The fraction of sp³-hybridized carbons (Fsp3) is 0.200. The summed E-state index contributed by atoms with van der Waals surface area (Å²) in [5.41, 5.74) is 10.5. The van der Waals surface area contributed by atoms with Gasteiger partial charge in [-0.25, -0.2) is 0 Å². The molecule has 0 nitrogen and oxygen atoms in total. The molecule has 6 aromatic rings. The third kappa shape index (κ3) is 5.45. The quantitative estimate of drug-likeness (QED) is 0.159. The number of aryl methyl sites for hydroxylation is 3. The van der Waals surface area contributed by atoms with Gasteiger partial charge in [-0.1, -0.05) is 129 Å². The Balaban J connectivity index is 0.000000695. The topological polar surface area (TPSA) is 0 Å². The summed E-state index contributed by atoms with van der Waals surface area (Å²) in [4.78, 5) is 0. The Labute approximate surface area is 241 Å². The first-order valence-electron chi connectivity index (χ1n) is 14.6. The summed E-state index contributed by atoms with van der Waals surface area (Å²) in [6.07, 6.45) is 7.27. The van der Waals surface area contributed by atoms with Crippen molar-refractivity contribution in [3.8, 4) is 22.3 Å². The van der Waals surface area contributed by atoms with E-state index in [9.17, 15) is 0 Å². The molecule has 0 aliphatic carbocycles. The van der Waals surface area contributed by atoms with Gasteiger partial charge in [-0.05, 0) is 105 Å². The van der Waals surface area contributed by atoms with Crippen LogP contribution in [0.25, 0.3) is 60.6 Å². The molecule has 0 fully saturated rings. The van der Waals surface area contributed by atoms with E-state index in [0.29, 0.717) is 0 Å². The van der Waals surface area contributed by atoms with E-state index in [1.54, 1.807) is 6.08 Å². The molecule has 0 unspecified atom stereocenters. The second-order valence-corrected chi connectivity index (χ2v) is 10.3. The summed E-state index contributed by atoms with van der Waals surface area (Å²) in [5.74, 6) is 0. The summed E-state index contributed by atoms with van der Waals surface area (Å²) in [6, 6.07) is 32.1. The van der Waals surface area contributed by atoms with E-state index in [1.807, 2.05) is 20.8 Å². The smallest absolute Gasteiger partial charge is 0.00203 e. The van der Waals surface area contributed by atoms with Crippen molar-refractivity contribution in [2.45, 2.75) is 54.9 Å². The van der Waals surface area contributed by atoms with Crippen LogP contribution in [0.15, 0.2) is 104 Å². The molecule has 0 atom stereocenters. The third-order valence-corrected chi connectivity index (χ3v) is 7.45. The van der Waals surface area contributed by atoms with Gasteiger partial charge in [0.1, 0.15) is 0 Å². The molecule has 0 saturated carbocycles. The molecule has 0 radical (unpaired) electrons. The molecule has 0 heterocycles. The maximum absolute atomic E-state index is 3.36. The van der Waals surface area contributed by atoms with Gasteiger partial charge in [-0.3, -0.25) is 0 Å². The van der Waals surface area contributed by atoms with Crippen LogP contribution in [0.3, 0.4) is 0 Å². The number of hydrogen-bond donors (Lipinski definition) is 0.